The Labute approximate surface area is 294 Å². The average Bonchev–Trinajstić information content (AvgIpc) is 3.55. The van der Waals surface area contributed by atoms with E-state index in [1.54, 1.807) is 86.0 Å². The molecule has 0 aliphatic carbocycles. The SMILES string of the molecule is COc1cccc(CNNC(=O)[C@@]2(Cc3ccccc3N=[N+]=[N-])N=C(c3ccc(OCCCO)cc3)O[C@H]2c2ccccc2CN=[N+]=[N-])c1OC. The number of nitrogens with one attached hydrogen (secondary N) is 2. The van der Waals surface area contributed by atoms with Crippen molar-refractivity contribution in [2.75, 3.05) is 27.4 Å². The Balaban J connectivity index is 1.61. The van der Waals surface area contributed by atoms with E-state index in [4.69, 9.17) is 34.6 Å². The van der Waals surface area contributed by atoms with E-state index in [9.17, 15) is 10.3 Å². The van der Waals surface area contributed by atoms with Gasteiger partial charge in [0.05, 0.1) is 27.4 Å². The topological polar surface area (TPSA) is 208 Å². The van der Waals surface area contributed by atoms with Gasteiger partial charge in [-0.05, 0) is 58.1 Å². The molecule has 1 aliphatic heterocycles. The van der Waals surface area contributed by atoms with E-state index in [1.807, 2.05) is 12.1 Å². The Morgan fingerprint density at radius 3 is 2.41 bits per heavy atom. The molecule has 15 heteroatoms. The Kier molecular flexibility index (Phi) is 12.3. The normalized spacial score (nSPS) is 16.1. The lowest BCUT2D eigenvalue weighted by molar-refractivity contribution is -0.130. The van der Waals surface area contributed by atoms with Crippen molar-refractivity contribution >= 4 is 17.5 Å². The van der Waals surface area contributed by atoms with Crippen molar-refractivity contribution in [3.05, 3.63) is 140 Å². The van der Waals surface area contributed by atoms with Crippen molar-refractivity contribution in [1.82, 2.24) is 10.9 Å². The van der Waals surface area contributed by atoms with Gasteiger partial charge in [-0.1, -0.05) is 70.9 Å². The van der Waals surface area contributed by atoms with Crippen LogP contribution in [-0.4, -0.2) is 49.9 Å². The number of hydrogen-bond acceptors (Lipinski definition) is 10. The number of aliphatic imine (C=N–C) groups is 1. The molecule has 262 valence electrons. The van der Waals surface area contributed by atoms with Crippen LogP contribution in [-0.2, 0) is 29.0 Å². The molecule has 5 rings (SSSR count). The summed E-state index contributed by atoms with van der Waals surface area (Å²) in [5, 5.41) is 16.8. The number of rotatable bonds is 17. The third-order valence-corrected chi connectivity index (χ3v) is 8.24. The van der Waals surface area contributed by atoms with Crippen LogP contribution in [0.25, 0.3) is 20.9 Å². The number of azide groups is 2. The molecular formula is C36H37N9O6. The maximum Gasteiger partial charge on any atom is 0.266 e. The molecule has 0 unspecified atom stereocenters. The Morgan fingerprint density at radius 1 is 0.941 bits per heavy atom. The zero-order chi connectivity index (χ0) is 36.1. The van der Waals surface area contributed by atoms with Crippen LogP contribution < -0.4 is 25.1 Å². The van der Waals surface area contributed by atoms with Crippen LogP contribution in [0.1, 0.15) is 40.3 Å². The van der Waals surface area contributed by atoms with E-state index in [0.717, 1.165) is 5.56 Å². The minimum Gasteiger partial charge on any atom is -0.494 e. The molecule has 2 atom stereocenters. The van der Waals surface area contributed by atoms with E-state index < -0.39 is 17.6 Å². The molecule has 3 N–H and O–H groups in total. The minimum atomic E-state index is -1.68. The van der Waals surface area contributed by atoms with Gasteiger partial charge < -0.3 is 24.1 Å². The molecule has 1 aliphatic rings. The molecule has 4 aromatic carbocycles. The lowest BCUT2D eigenvalue weighted by Gasteiger charge is -2.32. The first-order chi connectivity index (χ1) is 25.0. The number of amides is 1. The molecule has 1 heterocycles. The maximum atomic E-state index is 14.8. The Hall–Kier alpha value is -6.24. The summed E-state index contributed by atoms with van der Waals surface area (Å²) >= 11 is 0. The summed E-state index contributed by atoms with van der Waals surface area (Å²) in [6.07, 6.45) is -0.572. The van der Waals surface area contributed by atoms with Gasteiger partial charge in [-0.25, -0.2) is 10.4 Å². The van der Waals surface area contributed by atoms with Crippen LogP contribution in [0.3, 0.4) is 0 Å². The number of para-hydroxylation sites is 1. The van der Waals surface area contributed by atoms with E-state index in [0.29, 0.717) is 58.2 Å². The largest absolute Gasteiger partial charge is 0.494 e. The predicted octanol–water partition coefficient (Wildman–Crippen LogP) is 6.54. The van der Waals surface area contributed by atoms with Gasteiger partial charge in [0.25, 0.3) is 5.91 Å². The molecule has 0 saturated heterocycles. The summed E-state index contributed by atoms with van der Waals surface area (Å²) in [6.45, 7) is 0.535. The number of carbonyl (C=O) groups excluding carboxylic acids is 1. The Morgan fingerprint density at radius 2 is 1.69 bits per heavy atom. The van der Waals surface area contributed by atoms with Crippen molar-refractivity contribution in [2.45, 2.75) is 37.6 Å². The quantitative estimate of drug-likeness (QED) is 0.0366. The molecule has 0 aromatic heterocycles. The number of hydrogen-bond donors (Lipinski definition) is 3. The first-order valence-corrected chi connectivity index (χ1v) is 16.0. The van der Waals surface area contributed by atoms with Gasteiger partial charge in [-0.2, -0.15) is 0 Å². The van der Waals surface area contributed by atoms with Crippen LogP contribution in [0.2, 0.25) is 0 Å². The van der Waals surface area contributed by atoms with Gasteiger partial charge in [0.1, 0.15) is 5.75 Å². The van der Waals surface area contributed by atoms with Gasteiger partial charge in [-0.3, -0.25) is 10.2 Å². The fourth-order valence-electron chi connectivity index (χ4n) is 5.82. The molecular weight excluding hydrogens is 654 g/mol. The molecule has 0 saturated carbocycles. The van der Waals surface area contributed by atoms with E-state index in [-0.39, 0.29) is 32.0 Å². The van der Waals surface area contributed by atoms with Crippen LogP contribution in [0.15, 0.2) is 106 Å². The summed E-state index contributed by atoms with van der Waals surface area (Å²) in [5.74, 6) is 1.28. The molecule has 0 bridgehead atoms. The second kappa shape index (κ2) is 17.4. The lowest BCUT2D eigenvalue weighted by atomic mass is 9.80. The van der Waals surface area contributed by atoms with Gasteiger partial charge in [0.2, 0.25) is 5.90 Å². The van der Waals surface area contributed by atoms with Crippen LogP contribution in [0, 0.1) is 0 Å². The Bertz CT molecular complexity index is 1960. The van der Waals surface area contributed by atoms with Crippen molar-refractivity contribution in [3.8, 4) is 17.2 Å². The third kappa shape index (κ3) is 8.32. The third-order valence-electron chi connectivity index (χ3n) is 8.24. The van der Waals surface area contributed by atoms with Gasteiger partial charge in [-0.15, -0.1) is 0 Å². The highest BCUT2D eigenvalue weighted by atomic mass is 16.5. The van der Waals surface area contributed by atoms with Crippen molar-refractivity contribution in [1.29, 1.82) is 0 Å². The fourth-order valence-corrected chi connectivity index (χ4v) is 5.82. The number of nitrogens with zero attached hydrogens (tertiary/aromatic N) is 7. The van der Waals surface area contributed by atoms with Gasteiger partial charge in [0, 0.05) is 52.6 Å². The zero-order valence-corrected chi connectivity index (χ0v) is 28.1. The van der Waals surface area contributed by atoms with Crippen molar-refractivity contribution < 1.29 is 28.8 Å². The van der Waals surface area contributed by atoms with Crippen molar-refractivity contribution in [3.63, 3.8) is 0 Å². The predicted molar refractivity (Wildman–Crippen MR) is 190 cm³/mol. The molecule has 15 nitrogen and oxygen atoms in total. The molecule has 0 fully saturated rings. The summed E-state index contributed by atoms with van der Waals surface area (Å²) in [5.41, 5.74) is 26.1. The van der Waals surface area contributed by atoms with Crippen LogP contribution in [0.5, 0.6) is 17.2 Å². The van der Waals surface area contributed by atoms with Crippen LogP contribution in [0.4, 0.5) is 5.69 Å². The summed E-state index contributed by atoms with van der Waals surface area (Å²) in [7, 11) is 3.08. The molecule has 51 heavy (non-hydrogen) atoms. The second-order valence-electron chi connectivity index (χ2n) is 11.3. The highest BCUT2D eigenvalue weighted by Gasteiger charge is 2.54. The van der Waals surface area contributed by atoms with E-state index in [1.165, 1.54) is 7.11 Å². The minimum absolute atomic E-state index is 0.00262. The summed E-state index contributed by atoms with van der Waals surface area (Å²) < 4.78 is 23.3. The second-order valence-corrected chi connectivity index (χ2v) is 11.3. The maximum absolute atomic E-state index is 14.8. The summed E-state index contributed by atoms with van der Waals surface area (Å²) in [4.78, 5) is 25.7. The number of aliphatic hydroxyl groups excluding tert-OH is 1. The lowest BCUT2D eigenvalue weighted by Crippen LogP contribution is -2.53. The molecule has 0 spiro atoms. The highest BCUT2D eigenvalue weighted by Crippen LogP contribution is 2.45. The van der Waals surface area contributed by atoms with E-state index in [2.05, 4.69) is 30.9 Å². The fraction of sp³-hybridized carbons (Fsp3) is 0.278. The molecule has 0 radical (unpaired) electrons. The first kappa shape index (κ1) is 36.1. The number of aliphatic hydroxyl groups is 1. The zero-order valence-electron chi connectivity index (χ0n) is 28.1. The number of ether oxygens (including phenoxy) is 4. The average molecular weight is 692 g/mol. The van der Waals surface area contributed by atoms with Crippen molar-refractivity contribution in [2.24, 2.45) is 15.2 Å². The van der Waals surface area contributed by atoms with Gasteiger partial charge >= 0.3 is 0 Å². The molecule has 4 aromatic rings. The number of benzene rings is 4. The number of hydrazine groups is 1. The van der Waals surface area contributed by atoms with Crippen LogP contribution >= 0.6 is 0 Å². The number of carbonyl (C=O) groups is 1. The monoisotopic (exact) mass is 691 g/mol. The summed E-state index contributed by atoms with van der Waals surface area (Å²) in [6, 6.07) is 26.6. The van der Waals surface area contributed by atoms with E-state index >= 15 is 0 Å². The standard InChI is InChI=1S/C36H37N9O6/c1-48-31-14-7-11-27(32(31)49-2)23-39-43-35(47)36(21-25-9-4-6-13-30(25)42-45-38)33(29-12-5-3-10-26(29)22-40-44-37)51-34(41-36)24-15-17-28(18-16-24)50-20-8-19-46/h3-7,9-18,33,39,46H,8,19-23H2,1-2H3,(H,43,47)/t33-,36-/m0/s1. The first-order valence-electron chi connectivity index (χ1n) is 16.0. The smallest absolute Gasteiger partial charge is 0.266 e. The number of methoxy groups -OCH3 is 2. The molecule has 1 amide bonds. The highest BCUT2D eigenvalue weighted by molar-refractivity contribution is 6.01. The van der Waals surface area contributed by atoms with Gasteiger partial charge in [0.15, 0.2) is 23.1 Å².